The Labute approximate surface area is 238 Å². The molecule has 218 valence electrons. The number of aromatic nitrogens is 1. The SMILES string of the molecule is CCCCOc1ccc(C(=O)NCCc2ccc(S(=O)(=O)NC(=O)c3ccc(OC(=O)NCCO)nc3)cc2)cc1. The quantitative estimate of drug-likeness (QED) is 0.208. The second-order valence-electron chi connectivity index (χ2n) is 8.74. The van der Waals surface area contributed by atoms with Gasteiger partial charge in [-0.25, -0.2) is 22.9 Å². The van der Waals surface area contributed by atoms with Crippen molar-refractivity contribution in [3.63, 3.8) is 0 Å². The lowest BCUT2D eigenvalue weighted by atomic mass is 10.1. The van der Waals surface area contributed by atoms with Crippen LogP contribution in [0.1, 0.15) is 46.0 Å². The van der Waals surface area contributed by atoms with Crippen molar-refractivity contribution in [3.05, 3.63) is 83.6 Å². The second kappa shape index (κ2) is 15.3. The summed E-state index contributed by atoms with van der Waals surface area (Å²) in [5.41, 5.74) is 1.23. The summed E-state index contributed by atoms with van der Waals surface area (Å²) in [5.74, 6) is -0.550. The van der Waals surface area contributed by atoms with E-state index in [-0.39, 0.29) is 35.4 Å². The zero-order chi connectivity index (χ0) is 29.7. The smallest absolute Gasteiger partial charge is 0.414 e. The molecule has 0 aliphatic rings. The maximum atomic E-state index is 12.7. The molecule has 0 aliphatic heterocycles. The number of amides is 3. The fraction of sp³-hybridized carbons (Fsp3) is 0.286. The zero-order valence-corrected chi connectivity index (χ0v) is 23.3. The van der Waals surface area contributed by atoms with E-state index < -0.39 is 22.0 Å². The molecule has 13 heteroatoms. The van der Waals surface area contributed by atoms with Gasteiger partial charge in [-0.05, 0) is 60.9 Å². The molecule has 3 aromatic rings. The molecule has 0 aliphatic carbocycles. The molecule has 0 spiro atoms. The summed E-state index contributed by atoms with van der Waals surface area (Å²) in [5, 5.41) is 13.8. The van der Waals surface area contributed by atoms with Crippen LogP contribution in [0.15, 0.2) is 71.8 Å². The van der Waals surface area contributed by atoms with E-state index in [0.717, 1.165) is 24.6 Å². The Morgan fingerprint density at radius 3 is 2.22 bits per heavy atom. The Morgan fingerprint density at radius 2 is 1.59 bits per heavy atom. The number of hydrogen-bond acceptors (Lipinski definition) is 9. The van der Waals surface area contributed by atoms with Crippen molar-refractivity contribution in [3.8, 4) is 11.6 Å². The number of carbonyl (C=O) groups is 3. The summed E-state index contributed by atoms with van der Waals surface area (Å²) in [4.78, 5) is 40.0. The van der Waals surface area contributed by atoms with Crippen molar-refractivity contribution in [2.45, 2.75) is 31.1 Å². The summed E-state index contributed by atoms with van der Waals surface area (Å²) in [6.45, 7) is 2.79. The first-order chi connectivity index (χ1) is 19.7. The number of sulfonamides is 1. The first kappa shape index (κ1) is 31.0. The van der Waals surface area contributed by atoms with Gasteiger partial charge >= 0.3 is 6.09 Å². The van der Waals surface area contributed by atoms with Crippen molar-refractivity contribution in [1.82, 2.24) is 20.3 Å². The number of rotatable bonds is 14. The third-order valence-electron chi connectivity index (χ3n) is 5.62. The van der Waals surface area contributed by atoms with E-state index in [9.17, 15) is 22.8 Å². The fourth-order valence-electron chi connectivity index (χ4n) is 3.40. The van der Waals surface area contributed by atoms with E-state index in [0.29, 0.717) is 30.9 Å². The van der Waals surface area contributed by atoms with Gasteiger partial charge in [0, 0.05) is 30.9 Å². The van der Waals surface area contributed by atoms with Crippen molar-refractivity contribution in [2.24, 2.45) is 0 Å². The highest BCUT2D eigenvalue weighted by Gasteiger charge is 2.19. The van der Waals surface area contributed by atoms with Gasteiger partial charge in [0.05, 0.1) is 23.7 Å². The summed E-state index contributed by atoms with van der Waals surface area (Å²) < 4.78 is 37.8. The molecule has 0 unspecified atom stereocenters. The summed E-state index contributed by atoms with van der Waals surface area (Å²) in [7, 11) is -4.17. The molecule has 3 rings (SSSR count). The minimum absolute atomic E-state index is 0.000519. The highest BCUT2D eigenvalue weighted by atomic mass is 32.2. The standard InChI is InChI=1S/C28H32N4O8S/c1-2-3-18-39-23-9-6-21(7-10-23)26(34)29-15-14-20-4-11-24(12-5-20)41(37,38)32-27(35)22-8-13-25(31-19-22)40-28(36)30-16-17-33/h4-13,19,33H,2-3,14-18H2,1H3,(H,29,34)(H,30,36)(H,32,35). The Hall–Kier alpha value is -4.49. The van der Waals surface area contributed by atoms with Crippen LogP contribution in [0.5, 0.6) is 11.6 Å². The second-order valence-corrected chi connectivity index (χ2v) is 10.4. The molecular weight excluding hydrogens is 552 g/mol. The number of aliphatic hydroxyl groups is 1. The van der Waals surface area contributed by atoms with E-state index in [1.54, 1.807) is 36.4 Å². The molecule has 4 N–H and O–H groups in total. The lowest BCUT2D eigenvalue weighted by Gasteiger charge is -2.09. The van der Waals surface area contributed by atoms with Crippen molar-refractivity contribution >= 4 is 27.9 Å². The number of pyridine rings is 1. The van der Waals surface area contributed by atoms with Gasteiger partial charge in [-0.3, -0.25) is 9.59 Å². The van der Waals surface area contributed by atoms with Crippen LogP contribution in [0.3, 0.4) is 0 Å². The van der Waals surface area contributed by atoms with Gasteiger partial charge < -0.3 is 25.2 Å². The number of carbonyl (C=O) groups excluding carboxylic acids is 3. The molecule has 0 saturated carbocycles. The maximum Gasteiger partial charge on any atom is 0.414 e. The van der Waals surface area contributed by atoms with Crippen LogP contribution in [0.4, 0.5) is 4.79 Å². The van der Waals surface area contributed by atoms with E-state index >= 15 is 0 Å². The largest absolute Gasteiger partial charge is 0.494 e. The molecule has 0 fully saturated rings. The molecular formula is C28H32N4O8S. The van der Waals surface area contributed by atoms with Crippen LogP contribution < -0.4 is 24.8 Å². The summed E-state index contributed by atoms with van der Waals surface area (Å²) >= 11 is 0. The number of unbranched alkanes of at least 4 members (excludes halogenated alkanes) is 1. The average molecular weight is 585 g/mol. The lowest BCUT2D eigenvalue weighted by Crippen LogP contribution is -2.31. The topological polar surface area (TPSA) is 173 Å². The molecule has 0 saturated heterocycles. The van der Waals surface area contributed by atoms with Crippen LogP contribution in [0, 0.1) is 0 Å². The van der Waals surface area contributed by atoms with Gasteiger partial charge in [-0.15, -0.1) is 0 Å². The van der Waals surface area contributed by atoms with Crippen molar-refractivity contribution in [2.75, 3.05) is 26.3 Å². The Morgan fingerprint density at radius 1 is 0.878 bits per heavy atom. The third-order valence-corrected chi connectivity index (χ3v) is 6.97. The number of ether oxygens (including phenoxy) is 2. The van der Waals surface area contributed by atoms with E-state index in [1.165, 1.54) is 24.3 Å². The monoisotopic (exact) mass is 584 g/mol. The first-order valence-corrected chi connectivity index (χ1v) is 14.4. The van der Waals surface area contributed by atoms with Gasteiger partial charge in [-0.2, -0.15) is 0 Å². The molecule has 0 atom stereocenters. The highest BCUT2D eigenvalue weighted by Crippen LogP contribution is 2.14. The fourth-order valence-corrected chi connectivity index (χ4v) is 4.37. The Bertz CT molecular complexity index is 1410. The summed E-state index contributed by atoms with van der Waals surface area (Å²) in [6.07, 6.45) is 2.69. The van der Waals surface area contributed by atoms with Crippen molar-refractivity contribution in [1.29, 1.82) is 0 Å². The molecule has 41 heavy (non-hydrogen) atoms. The van der Waals surface area contributed by atoms with Crippen LogP contribution in [-0.2, 0) is 16.4 Å². The maximum absolute atomic E-state index is 12.7. The third kappa shape index (κ3) is 9.89. The molecule has 3 amide bonds. The van der Waals surface area contributed by atoms with Gasteiger partial charge in [0.1, 0.15) is 5.75 Å². The molecule has 0 bridgehead atoms. The van der Waals surface area contributed by atoms with Crippen LogP contribution in [-0.4, -0.2) is 62.7 Å². The molecule has 1 heterocycles. The summed E-state index contributed by atoms with van der Waals surface area (Å²) in [6, 6.07) is 15.3. The number of aliphatic hydroxyl groups excluding tert-OH is 1. The highest BCUT2D eigenvalue weighted by molar-refractivity contribution is 7.90. The van der Waals surface area contributed by atoms with Crippen LogP contribution in [0.25, 0.3) is 0 Å². The molecule has 2 aromatic carbocycles. The zero-order valence-electron chi connectivity index (χ0n) is 22.5. The number of nitrogens with one attached hydrogen (secondary N) is 3. The molecule has 0 radical (unpaired) electrons. The molecule has 1 aromatic heterocycles. The Balaban J connectivity index is 1.48. The van der Waals surface area contributed by atoms with Gasteiger partial charge in [-0.1, -0.05) is 25.5 Å². The van der Waals surface area contributed by atoms with Gasteiger partial charge in [0.2, 0.25) is 5.88 Å². The normalized spacial score (nSPS) is 10.9. The van der Waals surface area contributed by atoms with E-state index in [2.05, 4.69) is 22.5 Å². The lowest BCUT2D eigenvalue weighted by molar-refractivity contribution is 0.0951. The van der Waals surface area contributed by atoms with Crippen molar-refractivity contribution < 1.29 is 37.4 Å². The van der Waals surface area contributed by atoms with E-state index in [4.69, 9.17) is 14.6 Å². The van der Waals surface area contributed by atoms with E-state index in [1.807, 2.05) is 4.72 Å². The average Bonchev–Trinajstić information content (AvgIpc) is 2.97. The predicted molar refractivity (Wildman–Crippen MR) is 149 cm³/mol. The van der Waals surface area contributed by atoms with Crippen LogP contribution >= 0.6 is 0 Å². The number of benzene rings is 2. The first-order valence-electron chi connectivity index (χ1n) is 12.9. The number of hydrogen-bond donors (Lipinski definition) is 4. The predicted octanol–water partition coefficient (Wildman–Crippen LogP) is 2.43. The van der Waals surface area contributed by atoms with Gasteiger partial charge in [0.25, 0.3) is 21.8 Å². The minimum Gasteiger partial charge on any atom is -0.494 e. The number of nitrogens with zero attached hydrogens (tertiary/aromatic N) is 1. The molecule has 12 nitrogen and oxygen atoms in total. The van der Waals surface area contributed by atoms with Crippen LogP contribution in [0.2, 0.25) is 0 Å². The Kier molecular flexibility index (Phi) is 11.6. The van der Waals surface area contributed by atoms with Gasteiger partial charge in [0.15, 0.2) is 0 Å². The minimum atomic E-state index is -4.17.